The Bertz CT molecular complexity index is 340. The molecule has 3 fully saturated rings. The number of hydrogen-bond acceptors (Lipinski definition) is 3. The van der Waals surface area contributed by atoms with E-state index in [0.29, 0.717) is 6.54 Å². The van der Waals surface area contributed by atoms with Crippen molar-refractivity contribution in [2.45, 2.75) is 51.7 Å². The van der Waals surface area contributed by atoms with E-state index >= 15 is 0 Å². The van der Waals surface area contributed by atoms with Crippen LogP contribution >= 0.6 is 0 Å². The van der Waals surface area contributed by atoms with Crippen molar-refractivity contribution in [2.24, 2.45) is 5.41 Å². The molecule has 0 N–H and O–H groups in total. The van der Waals surface area contributed by atoms with Crippen LogP contribution in [0.25, 0.3) is 0 Å². The summed E-state index contributed by atoms with van der Waals surface area (Å²) in [5.74, 6) is 0. The Morgan fingerprint density at radius 3 is 2.50 bits per heavy atom. The van der Waals surface area contributed by atoms with Crippen LogP contribution in [0, 0.1) is 16.7 Å². The lowest BCUT2D eigenvalue weighted by Crippen LogP contribution is -2.59. The van der Waals surface area contributed by atoms with Crippen LogP contribution in [0.5, 0.6) is 0 Å². The highest BCUT2D eigenvalue weighted by Gasteiger charge is 2.53. The first-order chi connectivity index (χ1) is 7.35. The highest BCUT2D eigenvalue weighted by molar-refractivity contribution is 5.69. The molecule has 2 heterocycles. The normalized spacial score (nSPS) is 32.6. The van der Waals surface area contributed by atoms with Gasteiger partial charge in [-0.1, -0.05) is 0 Å². The summed E-state index contributed by atoms with van der Waals surface area (Å²) < 4.78 is 5.34. The molecule has 3 aliphatic rings. The Morgan fingerprint density at radius 1 is 1.50 bits per heavy atom. The third-order valence-electron chi connectivity index (χ3n) is 3.39. The summed E-state index contributed by atoms with van der Waals surface area (Å²) in [6, 6.07) is 2.60. The van der Waals surface area contributed by atoms with E-state index in [-0.39, 0.29) is 17.6 Å². The van der Waals surface area contributed by atoms with Crippen LogP contribution in [0.1, 0.15) is 40.0 Å². The van der Waals surface area contributed by atoms with Crippen LogP contribution in [0.3, 0.4) is 0 Å². The summed E-state index contributed by atoms with van der Waals surface area (Å²) in [5, 5.41) is 9.01. The predicted octanol–water partition coefficient (Wildman–Crippen LogP) is 2.30. The Hall–Kier alpha value is -1.24. The van der Waals surface area contributed by atoms with Gasteiger partial charge in [0, 0.05) is 12.6 Å². The number of ether oxygens (including phenoxy) is 1. The number of nitrogens with zero attached hydrogens (tertiary/aromatic N) is 2. The number of carbonyl (C=O) groups is 1. The third kappa shape index (κ3) is 1.87. The number of fused-ring (bicyclic) bond motifs is 2. The molecule has 2 saturated heterocycles. The van der Waals surface area contributed by atoms with E-state index in [4.69, 9.17) is 10.00 Å². The first-order valence-electron chi connectivity index (χ1n) is 5.76. The van der Waals surface area contributed by atoms with Gasteiger partial charge in [0.05, 0.1) is 11.5 Å². The summed E-state index contributed by atoms with van der Waals surface area (Å²) in [6.07, 6.45) is 2.20. The zero-order chi connectivity index (χ0) is 12.0. The highest BCUT2D eigenvalue weighted by atomic mass is 16.6. The molecule has 1 aliphatic carbocycles. The second-order valence-electron chi connectivity index (χ2n) is 5.88. The van der Waals surface area contributed by atoms with Crippen LogP contribution in [0.15, 0.2) is 0 Å². The lowest BCUT2D eigenvalue weighted by Gasteiger charge is -2.53. The Balaban J connectivity index is 1.95. The van der Waals surface area contributed by atoms with Crippen molar-refractivity contribution in [1.82, 2.24) is 4.90 Å². The van der Waals surface area contributed by atoms with Gasteiger partial charge in [0.15, 0.2) is 0 Å². The van der Waals surface area contributed by atoms with Crippen molar-refractivity contribution >= 4 is 6.09 Å². The largest absolute Gasteiger partial charge is 0.444 e. The van der Waals surface area contributed by atoms with Crippen molar-refractivity contribution in [3.8, 4) is 6.07 Å². The van der Waals surface area contributed by atoms with Gasteiger partial charge in [0.25, 0.3) is 0 Å². The van der Waals surface area contributed by atoms with Crippen LogP contribution in [-0.2, 0) is 4.74 Å². The van der Waals surface area contributed by atoms with Crippen LogP contribution < -0.4 is 0 Å². The molecular weight excluding hydrogens is 204 g/mol. The molecule has 4 heteroatoms. The molecule has 1 amide bonds. The van der Waals surface area contributed by atoms with Gasteiger partial charge in [0.1, 0.15) is 5.60 Å². The van der Waals surface area contributed by atoms with Crippen LogP contribution in [0.4, 0.5) is 4.79 Å². The van der Waals surface area contributed by atoms with Gasteiger partial charge in [-0.15, -0.1) is 0 Å². The maximum absolute atomic E-state index is 11.9. The fourth-order valence-electron chi connectivity index (χ4n) is 2.49. The SMILES string of the molecule is CC(C)(C)OC(=O)N1CCC2(C#N)CC1C2. The summed E-state index contributed by atoms with van der Waals surface area (Å²) in [5.41, 5.74) is -0.576. The minimum Gasteiger partial charge on any atom is -0.444 e. The number of rotatable bonds is 0. The van der Waals surface area contributed by atoms with Crippen molar-refractivity contribution in [3.05, 3.63) is 0 Å². The number of amides is 1. The second-order valence-corrected chi connectivity index (χ2v) is 5.88. The quantitative estimate of drug-likeness (QED) is 0.632. The van der Waals surface area contributed by atoms with E-state index in [0.717, 1.165) is 19.3 Å². The Kier molecular flexibility index (Phi) is 2.37. The highest BCUT2D eigenvalue weighted by Crippen LogP contribution is 2.50. The molecule has 0 radical (unpaired) electrons. The average Bonchev–Trinajstić information content (AvgIpc) is 2.13. The molecule has 1 saturated carbocycles. The molecule has 3 rings (SSSR count). The van der Waals surface area contributed by atoms with Crippen molar-refractivity contribution in [1.29, 1.82) is 5.26 Å². The first-order valence-corrected chi connectivity index (χ1v) is 5.76. The number of piperidine rings is 2. The Labute approximate surface area is 96.2 Å². The smallest absolute Gasteiger partial charge is 0.410 e. The molecule has 4 nitrogen and oxygen atoms in total. The van der Waals surface area contributed by atoms with Gasteiger partial charge in [-0.2, -0.15) is 5.26 Å². The molecule has 88 valence electrons. The minimum atomic E-state index is -0.440. The number of nitriles is 1. The monoisotopic (exact) mass is 222 g/mol. The molecule has 0 aromatic rings. The molecule has 0 aromatic heterocycles. The van der Waals surface area contributed by atoms with Gasteiger partial charge in [-0.3, -0.25) is 0 Å². The summed E-state index contributed by atoms with van der Waals surface area (Å²) in [4.78, 5) is 13.6. The van der Waals surface area contributed by atoms with Crippen molar-refractivity contribution in [2.75, 3.05) is 6.54 Å². The van der Waals surface area contributed by atoms with Gasteiger partial charge in [0.2, 0.25) is 0 Å². The second kappa shape index (κ2) is 3.38. The lowest BCUT2D eigenvalue weighted by atomic mass is 9.61. The maximum Gasteiger partial charge on any atom is 0.410 e. The van der Waals surface area contributed by atoms with Gasteiger partial charge in [-0.25, -0.2) is 4.79 Å². The lowest BCUT2D eigenvalue weighted by molar-refractivity contribution is -0.0471. The molecule has 0 spiro atoms. The molecule has 2 bridgehead atoms. The van der Waals surface area contributed by atoms with Crippen LogP contribution in [0.2, 0.25) is 0 Å². The van der Waals surface area contributed by atoms with Crippen molar-refractivity contribution < 1.29 is 9.53 Å². The fourth-order valence-corrected chi connectivity index (χ4v) is 2.49. The van der Waals surface area contributed by atoms with Crippen LogP contribution in [-0.4, -0.2) is 29.2 Å². The number of hydrogen-bond donors (Lipinski definition) is 0. The average molecular weight is 222 g/mol. The topological polar surface area (TPSA) is 53.3 Å². The first kappa shape index (κ1) is 11.3. The fraction of sp³-hybridized carbons (Fsp3) is 0.833. The predicted molar refractivity (Wildman–Crippen MR) is 58.6 cm³/mol. The molecule has 2 aliphatic heterocycles. The van der Waals surface area contributed by atoms with E-state index in [1.165, 1.54) is 0 Å². The van der Waals surface area contributed by atoms with E-state index < -0.39 is 5.60 Å². The third-order valence-corrected chi connectivity index (χ3v) is 3.39. The summed E-state index contributed by atoms with van der Waals surface area (Å²) in [7, 11) is 0. The van der Waals surface area contributed by atoms with E-state index in [1.807, 2.05) is 20.8 Å². The van der Waals surface area contributed by atoms with Gasteiger partial charge >= 0.3 is 6.09 Å². The standard InChI is InChI=1S/C12H18N2O2/c1-11(2,3)16-10(15)14-5-4-12(8-13)6-9(14)7-12/h9H,4-7H2,1-3H3. The maximum atomic E-state index is 11.9. The summed E-state index contributed by atoms with van der Waals surface area (Å²) >= 11 is 0. The summed E-state index contributed by atoms with van der Waals surface area (Å²) in [6.45, 7) is 6.27. The molecule has 0 atom stereocenters. The molecule has 0 unspecified atom stereocenters. The van der Waals surface area contributed by atoms with Gasteiger partial charge in [-0.05, 0) is 40.0 Å². The van der Waals surface area contributed by atoms with Gasteiger partial charge < -0.3 is 9.64 Å². The van der Waals surface area contributed by atoms with E-state index in [2.05, 4.69) is 6.07 Å². The van der Waals surface area contributed by atoms with E-state index in [9.17, 15) is 4.79 Å². The zero-order valence-electron chi connectivity index (χ0n) is 10.1. The minimum absolute atomic E-state index is 0.136. The molecule has 0 aromatic carbocycles. The zero-order valence-corrected chi connectivity index (χ0v) is 10.1. The Morgan fingerprint density at radius 2 is 2.12 bits per heavy atom. The molecular formula is C12H18N2O2. The molecule has 16 heavy (non-hydrogen) atoms. The van der Waals surface area contributed by atoms with E-state index in [1.54, 1.807) is 4.90 Å². The number of carbonyl (C=O) groups excluding carboxylic acids is 1. The van der Waals surface area contributed by atoms with Crippen molar-refractivity contribution in [3.63, 3.8) is 0 Å².